The molecule has 0 saturated heterocycles. The maximum Gasteiger partial charge on any atom is 0.338 e. The number of benzene rings is 1. The summed E-state index contributed by atoms with van der Waals surface area (Å²) in [6.07, 6.45) is 4.91. The first-order chi connectivity index (χ1) is 14.9. The van der Waals surface area contributed by atoms with E-state index >= 15 is 0 Å². The molecule has 7 heteroatoms. The smallest absolute Gasteiger partial charge is 0.338 e. The van der Waals surface area contributed by atoms with Gasteiger partial charge in [-0.25, -0.2) is 9.79 Å². The van der Waals surface area contributed by atoms with Crippen LogP contribution in [0.3, 0.4) is 0 Å². The van der Waals surface area contributed by atoms with Crippen molar-refractivity contribution >= 4 is 23.4 Å². The zero-order valence-corrected chi connectivity index (χ0v) is 18.7. The average molecular weight is 437 g/mol. The van der Waals surface area contributed by atoms with Gasteiger partial charge in [-0.15, -0.1) is 0 Å². The summed E-state index contributed by atoms with van der Waals surface area (Å²) < 4.78 is 12.6. The molecule has 1 unspecified atom stereocenters. The van der Waals surface area contributed by atoms with E-state index in [0.29, 0.717) is 26.5 Å². The largest absolute Gasteiger partial charge is 0.472 e. The number of ether oxygens (including phenoxy) is 1. The molecule has 3 aromatic rings. The van der Waals surface area contributed by atoms with Crippen LogP contribution < -0.4 is 14.9 Å². The zero-order valence-electron chi connectivity index (χ0n) is 17.9. The SMILES string of the molecule is CCOC(=O)C1=C(C)N=c2s/c(=C/c3ccoc3)c(=O)n2C1c1ccc(C(C)C)cc1. The van der Waals surface area contributed by atoms with Crippen LogP contribution in [0.4, 0.5) is 0 Å². The molecule has 3 heterocycles. The van der Waals surface area contributed by atoms with E-state index < -0.39 is 12.0 Å². The lowest BCUT2D eigenvalue weighted by Gasteiger charge is -2.25. The Morgan fingerprint density at radius 3 is 2.65 bits per heavy atom. The standard InChI is InChI=1S/C24H24N2O4S/c1-5-30-23(28)20-15(4)25-24-26(21(20)18-8-6-17(7-9-18)14(2)3)22(27)19(31-24)12-16-10-11-29-13-16/h6-14,21H,5H2,1-4H3/b19-12+. The van der Waals surface area contributed by atoms with E-state index in [4.69, 9.17) is 9.15 Å². The van der Waals surface area contributed by atoms with Gasteiger partial charge in [-0.05, 0) is 43.0 Å². The van der Waals surface area contributed by atoms with Gasteiger partial charge < -0.3 is 9.15 Å². The first kappa shape index (κ1) is 21.1. The summed E-state index contributed by atoms with van der Waals surface area (Å²) in [6.45, 7) is 8.05. The van der Waals surface area contributed by atoms with Gasteiger partial charge in [0, 0.05) is 5.56 Å². The molecule has 1 aliphatic heterocycles. The van der Waals surface area contributed by atoms with Crippen molar-refractivity contribution in [1.82, 2.24) is 4.57 Å². The van der Waals surface area contributed by atoms with Crippen LogP contribution in [0, 0.1) is 0 Å². The van der Waals surface area contributed by atoms with E-state index in [1.165, 1.54) is 16.9 Å². The maximum atomic E-state index is 13.4. The molecule has 0 bridgehead atoms. The summed E-state index contributed by atoms with van der Waals surface area (Å²) in [5.74, 6) is -0.0707. The molecule has 2 aromatic heterocycles. The van der Waals surface area contributed by atoms with E-state index in [1.54, 1.807) is 43.1 Å². The highest BCUT2D eigenvalue weighted by atomic mass is 32.1. The van der Waals surface area contributed by atoms with Crippen LogP contribution in [-0.2, 0) is 9.53 Å². The van der Waals surface area contributed by atoms with Gasteiger partial charge >= 0.3 is 5.97 Å². The Morgan fingerprint density at radius 2 is 2.03 bits per heavy atom. The summed E-state index contributed by atoms with van der Waals surface area (Å²) in [5, 5.41) is 0. The van der Waals surface area contributed by atoms with Gasteiger partial charge in [0.25, 0.3) is 5.56 Å². The lowest BCUT2D eigenvalue weighted by molar-refractivity contribution is -0.139. The Labute approximate surface area is 183 Å². The van der Waals surface area contributed by atoms with E-state index in [1.807, 2.05) is 24.3 Å². The molecule has 6 nitrogen and oxygen atoms in total. The fourth-order valence-corrected chi connectivity index (χ4v) is 4.73. The van der Waals surface area contributed by atoms with Crippen LogP contribution in [-0.4, -0.2) is 17.1 Å². The first-order valence-corrected chi connectivity index (χ1v) is 11.0. The molecule has 0 amide bonds. The van der Waals surface area contributed by atoms with Crippen LogP contribution in [0.5, 0.6) is 0 Å². The summed E-state index contributed by atoms with van der Waals surface area (Å²) in [7, 11) is 0. The fourth-order valence-electron chi connectivity index (χ4n) is 3.68. The molecule has 0 N–H and O–H groups in total. The highest BCUT2D eigenvalue weighted by Crippen LogP contribution is 2.31. The topological polar surface area (TPSA) is 73.8 Å². The molecular weight excluding hydrogens is 412 g/mol. The number of thiazole rings is 1. The minimum absolute atomic E-state index is 0.197. The van der Waals surface area contributed by atoms with Gasteiger partial charge in [0.15, 0.2) is 4.80 Å². The molecule has 0 radical (unpaired) electrons. The van der Waals surface area contributed by atoms with Gasteiger partial charge in [-0.3, -0.25) is 9.36 Å². The predicted octanol–water partition coefficient (Wildman–Crippen LogP) is 3.51. The minimum atomic E-state index is -0.594. The van der Waals surface area contributed by atoms with Gasteiger partial charge in [0.2, 0.25) is 0 Å². The quantitative estimate of drug-likeness (QED) is 0.574. The van der Waals surface area contributed by atoms with Crippen molar-refractivity contribution in [2.45, 2.75) is 39.7 Å². The molecule has 4 rings (SSSR count). The lowest BCUT2D eigenvalue weighted by Crippen LogP contribution is -2.39. The molecule has 1 aromatic carbocycles. The Balaban J connectivity index is 1.94. The van der Waals surface area contributed by atoms with E-state index in [2.05, 4.69) is 18.8 Å². The lowest BCUT2D eigenvalue weighted by atomic mass is 9.93. The summed E-state index contributed by atoms with van der Waals surface area (Å²) in [4.78, 5) is 31.4. The van der Waals surface area contributed by atoms with Crippen LogP contribution in [0.25, 0.3) is 6.08 Å². The maximum absolute atomic E-state index is 13.4. The number of hydrogen-bond acceptors (Lipinski definition) is 6. The van der Waals surface area contributed by atoms with Crippen molar-refractivity contribution in [3.8, 4) is 0 Å². The van der Waals surface area contributed by atoms with Crippen LogP contribution in [0.1, 0.15) is 56.3 Å². The van der Waals surface area contributed by atoms with Gasteiger partial charge in [0.05, 0.1) is 41.0 Å². The van der Waals surface area contributed by atoms with Crippen LogP contribution in [0.15, 0.2) is 68.3 Å². The number of rotatable bonds is 5. The highest BCUT2D eigenvalue weighted by molar-refractivity contribution is 7.07. The number of carbonyl (C=O) groups excluding carboxylic acids is 1. The summed E-state index contributed by atoms with van der Waals surface area (Å²) in [5.41, 5.74) is 3.59. The Bertz CT molecular complexity index is 1310. The number of carbonyl (C=O) groups is 1. The Hall–Kier alpha value is -3.19. The Morgan fingerprint density at radius 1 is 1.29 bits per heavy atom. The molecular formula is C24H24N2O4S. The molecule has 31 heavy (non-hydrogen) atoms. The number of hydrogen-bond donors (Lipinski definition) is 0. The van der Waals surface area contributed by atoms with Crippen molar-refractivity contribution in [3.05, 3.63) is 90.5 Å². The second kappa shape index (κ2) is 8.51. The first-order valence-electron chi connectivity index (χ1n) is 10.2. The molecule has 0 saturated carbocycles. The van der Waals surface area contributed by atoms with E-state index in [0.717, 1.165) is 11.1 Å². The van der Waals surface area contributed by atoms with Gasteiger partial charge in [-0.2, -0.15) is 0 Å². The molecule has 1 atom stereocenters. The second-order valence-electron chi connectivity index (χ2n) is 7.68. The van der Waals surface area contributed by atoms with Gasteiger partial charge in [-0.1, -0.05) is 49.4 Å². The Kier molecular flexibility index (Phi) is 5.78. The van der Waals surface area contributed by atoms with Crippen molar-refractivity contribution in [1.29, 1.82) is 0 Å². The number of allylic oxidation sites excluding steroid dienone is 1. The predicted molar refractivity (Wildman–Crippen MR) is 120 cm³/mol. The van der Waals surface area contributed by atoms with E-state index in [9.17, 15) is 9.59 Å². The highest BCUT2D eigenvalue weighted by Gasteiger charge is 2.33. The zero-order chi connectivity index (χ0) is 22.1. The van der Waals surface area contributed by atoms with Crippen molar-refractivity contribution in [3.63, 3.8) is 0 Å². The van der Waals surface area contributed by atoms with Gasteiger partial charge in [0.1, 0.15) is 0 Å². The molecule has 0 spiro atoms. The number of aromatic nitrogens is 1. The number of nitrogens with zero attached hydrogens (tertiary/aromatic N) is 2. The van der Waals surface area contributed by atoms with Crippen molar-refractivity contribution in [2.24, 2.45) is 4.99 Å². The minimum Gasteiger partial charge on any atom is -0.472 e. The van der Waals surface area contributed by atoms with Crippen LogP contribution >= 0.6 is 11.3 Å². The van der Waals surface area contributed by atoms with Crippen molar-refractivity contribution < 1.29 is 13.9 Å². The number of fused-ring (bicyclic) bond motifs is 1. The molecule has 0 aliphatic carbocycles. The fraction of sp³-hybridized carbons (Fsp3) is 0.292. The monoisotopic (exact) mass is 436 g/mol. The molecule has 1 aliphatic rings. The third-order valence-corrected chi connectivity index (χ3v) is 6.26. The normalized spacial score (nSPS) is 16.4. The summed E-state index contributed by atoms with van der Waals surface area (Å²) in [6, 6.07) is 9.23. The van der Waals surface area contributed by atoms with E-state index in [-0.39, 0.29) is 12.2 Å². The van der Waals surface area contributed by atoms with Crippen LogP contribution in [0.2, 0.25) is 0 Å². The molecule has 160 valence electrons. The second-order valence-corrected chi connectivity index (χ2v) is 8.69. The third-order valence-electron chi connectivity index (χ3n) is 5.28. The summed E-state index contributed by atoms with van der Waals surface area (Å²) >= 11 is 1.30. The number of furan rings is 1. The number of esters is 1. The third kappa shape index (κ3) is 3.93. The van der Waals surface area contributed by atoms with Crippen molar-refractivity contribution in [2.75, 3.05) is 6.61 Å². The average Bonchev–Trinajstić information content (AvgIpc) is 3.35. The molecule has 0 fully saturated rings.